The van der Waals surface area contributed by atoms with E-state index >= 15 is 0 Å². The monoisotopic (exact) mass is 387 g/mol. The second-order valence-electron chi connectivity index (χ2n) is 5.67. The number of nitrogens with two attached hydrogens (primary N) is 1. The third kappa shape index (κ3) is 5.01. The van der Waals surface area contributed by atoms with Crippen LogP contribution in [0.2, 0.25) is 5.02 Å². The number of carbonyl (C=O) groups excluding carboxylic acids is 1. The van der Waals surface area contributed by atoms with Crippen molar-refractivity contribution in [2.24, 2.45) is 10.9 Å². The fraction of sp³-hybridized carbons (Fsp3) is 0.294. The van der Waals surface area contributed by atoms with E-state index in [-0.39, 0.29) is 17.1 Å². The minimum atomic E-state index is -4.37. The minimum Gasteiger partial charge on any atom is -0.386 e. The Balaban J connectivity index is 2.06. The number of rotatable bonds is 6. The van der Waals surface area contributed by atoms with Crippen molar-refractivity contribution in [1.29, 1.82) is 0 Å². The summed E-state index contributed by atoms with van der Waals surface area (Å²) < 4.78 is 38.9. The number of amidine groups is 1. The van der Waals surface area contributed by atoms with Crippen LogP contribution >= 0.6 is 11.6 Å². The molecule has 0 aliphatic carbocycles. The Hall–Kier alpha value is -2.48. The van der Waals surface area contributed by atoms with Gasteiger partial charge in [-0.3, -0.25) is 4.79 Å². The highest BCUT2D eigenvalue weighted by Gasteiger charge is 2.30. The fourth-order valence-electron chi connectivity index (χ4n) is 2.44. The largest absolute Gasteiger partial charge is 0.406 e. The van der Waals surface area contributed by atoms with Gasteiger partial charge in [-0.2, -0.15) is 13.2 Å². The fourth-order valence-corrected chi connectivity index (χ4v) is 2.64. The Labute approximate surface area is 153 Å². The molecule has 1 aromatic heterocycles. The molecule has 0 aliphatic rings. The van der Waals surface area contributed by atoms with Gasteiger partial charge in [-0.25, -0.2) is 0 Å². The summed E-state index contributed by atoms with van der Waals surface area (Å²) in [5, 5.41) is 4.11. The molecule has 2 N–H and O–H groups in total. The van der Waals surface area contributed by atoms with Crippen LogP contribution in [-0.2, 0) is 11.4 Å². The zero-order valence-corrected chi connectivity index (χ0v) is 14.9. The molecule has 0 atom stereocenters. The second-order valence-corrected chi connectivity index (χ2v) is 6.11. The van der Waals surface area contributed by atoms with Crippen LogP contribution in [0.4, 0.5) is 13.2 Å². The molecule has 0 fully saturated rings. The molecule has 26 heavy (non-hydrogen) atoms. The normalized spacial score (nSPS) is 12.3. The van der Waals surface area contributed by atoms with Crippen LogP contribution in [0.25, 0.3) is 0 Å². The van der Waals surface area contributed by atoms with E-state index in [9.17, 15) is 18.0 Å². The quantitative estimate of drug-likeness (QED) is 0.354. The van der Waals surface area contributed by atoms with Gasteiger partial charge in [0.15, 0.2) is 12.4 Å². The molecule has 2 aromatic rings. The first-order valence-corrected chi connectivity index (χ1v) is 7.94. The summed E-state index contributed by atoms with van der Waals surface area (Å²) in [7, 11) is 0. The highest BCUT2D eigenvalue weighted by molar-refractivity contribution is 6.31. The number of hydrogen-bond acceptors (Lipinski definition) is 3. The number of aromatic nitrogens is 1. The van der Waals surface area contributed by atoms with Crippen LogP contribution in [-0.4, -0.2) is 29.0 Å². The summed E-state index contributed by atoms with van der Waals surface area (Å²) in [5.74, 6) is -0.461. The molecule has 0 radical (unpaired) electrons. The summed E-state index contributed by atoms with van der Waals surface area (Å²) in [4.78, 5) is 17.2. The third-order valence-corrected chi connectivity index (χ3v) is 3.93. The zero-order valence-electron chi connectivity index (χ0n) is 14.1. The van der Waals surface area contributed by atoms with Gasteiger partial charge in [0, 0.05) is 27.5 Å². The Morgan fingerprint density at radius 3 is 2.62 bits per heavy atom. The number of ketones is 1. The van der Waals surface area contributed by atoms with E-state index in [1.807, 2.05) is 0 Å². The molecule has 2 rings (SSSR count). The highest BCUT2D eigenvalue weighted by atomic mass is 35.5. The van der Waals surface area contributed by atoms with E-state index in [0.29, 0.717) is 16.3 Å². The van der Waals surface area contributed by atoms with Crippen molar-refractivity contribution >= 4 is 23.2 Å². The van der Waals surface area contributed by atoms with E-state index in [2.05, 4.69) is 5.16 Å². The van der Waals surface area contributed by atoms with Crippen LogP contribution in [0, 0.1) is 13.8 Å². The van der Waals surface area contributed by atoms with Gasteiger partial charge in [0.05, 0.1) is 0 Å². The molecule has 5 nitrogen and oxygen atoms in total. The topological polar surface area (TPSA) is 69.6 Å². The maximum absolute atomic E-state index is 12.6. The molecule has 0 amide bonds. The predicted molar refractivity (Wildman–Crippen MR) is 92.4 cm³/mol. The van der Waals surface area contributed by atoms with Crippen molar-refractivity contribution in [3.8, 4) is 0 Å². The molecule has 1 aromatic carbocycles. The van der Waals surface area contributed by atoms with Crippen LogP contribution in [0.1, 0.15) is 27.3 Å². The van der Waals surface area contributed by atoms with E-state index in [0.717, 1.165) is 4.57 Å². The molecule has 0 saturated heterocycles. The number of hydrogen-bond donors (Lipinski definition) is 1. The van der Waals surface area contributed by atoms with Crippen molar-refractivity contribution in [3.05, 3.63) is 57.9 Å². The molecule has 0 spiro atoms. The maximum Gasteiger partial charge on any atom is 0.406 e. The Kier molecular flexibility index (Phi) is 5.97. The van der Waals surface area contributed by atoms with Crippen LogP contribution in [0.5, 0.6) is 0 Å². The summed E-state index contributed by atoms with van der Waals surface area (Å²) in [6.07, 6.45) is -4.37. The third-order valence-electron chi connectivity index (χ3n) is 3.69. The summed E-state index contributed by atoms with van der Waals surface area (Å²) in [6.45, 7) is 1.36. The first-order valence-electron chi connectivity index (χ1n) is 7.56. The minimum absolute atomic E-state index is 0.0304. The molecule has 140 valence electrons. The van der Waals surface area contributed by atoms with Crippen molar-refractivity contribution in [1.82, 2.24) is 4.57 Å². The number of oxime groups is 1. The molecule has 0 bridgehead atoms. The zero-order chi connectivity index (χ0) is 19.5. The van der Waals surface area contributed by atoms with Gasteiger partial charge >= 0.3 is 6.18 Å². The van der Waals surface area contributed by atoms with Gasteiger partial charge < -0.3 is 15.1 Å². The average Bonchev–Trinajstić information content (AvgIpc) is 2.81. The Morgan fingerprint density at radius 2 is 2.00 bits per heavy atom. The number of carbonyl (C=O) groups is 1. The van der Waals surface area contributed by atoms with Gasteiger partial charge in [0.25, 0.3) is 0 Å². The number of Topliss-reactive ketones (excluding diaryl/α,β-unsaturated/α-hetero) is 1. The smallest absolute Gasteiger partial charge is 0.386 e. The van der Waals surface area contributed by atoms with E-state index in [1.54, 1.807) is 24.3 Å². The van der Waals surface area contributed by atoms with Crippen molar-refractivity contribution in [2.45, 2.75) is 26.6 Å². The Bertz CT molecular complexity index is 844. The lowest BCUT2D eigenvalue weighted by atomic mass is 10.1. The summed E-state index contributed by atoms with van der Waals surface area (Å²) in [6, 6.07) is 7.99. The molecule has 0 saturated carbocycles. The molecule has 1 heterocycles. The highest BCUT2D eigenvalue weighted by Crippen LogP contribution is 2.23. The van der Waals surface area contributed by atoms with Crippen LogP contribution in [0.15, 0.2) is 35.5 Å². The Morgan fingerprint density at radius 1 is 1.31 bits per heavy atom. The van der Waals surface area contributed by atoms with Gasteiger partial charge in [-0.1, -0.05) is 28.9 Å². The molecule has 9 heteroatoms. The standard InChI is InChI=1S/C17H17ClF3N3O2/c1-10-6-14(11(2)24(10)9-17(19,20)21)15(25)8-26-23-16(22)12-4-3-5-13(18)7-12/h3-7H,8-9H2,1-2H3,(H2,22,23). The molecular formula is C17H17ClF3N3O2. The van der Waals surface area contributed by atoms with Gasteiger partial charge in [0.2, 0.25) is 5.78 Å². The van der Waals surface area contributed by atoms with Crippen molar-refractivity contribution < 1.29 is 22.8 Å². The van der Waals surface area contributed by atoms with Crippen molar-refractivity contribution in [2.75, 3.05) is 6.61 Å². The molecule has 0 aliphatic heterocycles. The average molecular weight is 388 g/mol. The van der Waals surface area contributed by atoms with Gasteiger partial charge in [0.1, 0.15) is 6.54 Å². The number of aryl methyl sites for hydroxylation is 1. The van der Waals surface area contributed by atoms with E-state index in [4.69, 9.17) is 22.2 Å². The predicted octanol–water partition coefficient (Wildman–Crippen LogP) is 3.84. The molecular weight excluding hydrogens is 371 g/mol. The lowest BCUT2D eigenvalue weighted by Gasteiger charge is -2.12. The van der Waals surface area contributed by atoms with Crippen LogP contribution in [0.3, 0.4) is 0 Å². The lowest BCUT2D eigenvalue weighted by Crippen LogP contribution is -2.20. The number of halogens is 4. The number of nitrogens with zero attached hydrogens (tertiary/aromatic N) is 2. The maximum atomic E-state index is 12.6. The number of benzene rings is 1. The lowest BCUT2D eigenvalue weighted by molar-refractivity contribution is -0.141. The summed E-state index contributed by atoms with van der Waals surface area (Å²) >= 11 is 5.85. The second kappa shape index (κ2) is 7.82. The van der Waals surface area contributed by atoms with Crippen molar-refractivity contribution in [3.63, 3.8) is 0 Å². The molecule has 0 unspecified atom stereocenters. The van der Waals surface area contributed by atoms with Crippen LogP contribution < -0.4 is 5.73 Å². The van der Waals surface area contributed by atoms with Gasteiger partial charge in [-0.15, -0.1) is 0 Å². The first-order chi connectivity index (χ1) is 12.1. The van der Waals surface area contributed by atoms with Gasteiger partial charge in [-0.05, 0) is 32.0 Å². The van der Waals surface area contributed by atoms with E-state index in [1.165, 1.54) is 19.9 Å². The number of alkyl halides is 3. The summed E-state index contributed by atoms with van der Waals surface area (Å²) in [5.41, 5.74) is 6.98. The first kappa shape index (κ1) is 19.8. The van der Waals surface area contributed by atoms with E-state index < -0.39 is 25.1 Å². The SMILES string of the molecule is Cc1cc(C(=O)CO/N=C(/N)c2cccc(Cl)c2)c(C)n1CC(F)(F)F.